The van der Waals surface area contributed by atoms with Gasteiger partial charge < -0.3 is 10.2 Å². The number of rotatable bonds is 3. The lowest BCUT2D eigenvalue weighted by Crippen LogP contribution is -2.40. The van der Waals surface area contributed by atoms with Crippen LogP contribution in [0.4, 0.5) is 5.82 Å². The lowest BCUT2D eigenvalue weighted by Gasteiger charge is -2.37. The van der Waals surface area contributed by atoms with Crippen molar-refractivity contribution in [3.05, 3.63) is 23.9 Å². The first-order valence-corrected chi connectivity index (χ1v) is 7.79. The summed E-state index contributed by atoms with van der Waals surface area (Å²) in [4.78, 5) is 7.13. The lowest BCUT2D eigenvalue weighted by molar-refractivity contribution is 0.354. The van der Waals surface area contributed by atoms with Crippen LogP contribution >= 0.6 is 0 Å². The molecular weight excluding hydrogens is 246 g/mol. The number of nitrogens with one attached hydrogen (secondary N) is 1. The standard InChI is InChI=1S/C17H29N3/c1-13-9-14(2)12-20(11-13)16-15(7-6-8-18-16)10-19-17(3,4)5/h6-8,13-14,19H,9-12H2,1-5H3. The van der Waals surface area contributed by atoms with Crippen LogP contribution < -0.4 is 10.2 Å². The van der Waals surface area contributed by atoms with Gasteiger partial charge in [-0.05, 0) is 45.1 Å². The molecule has 0 bridgehead atoms. The van der Waals surface area contributed by atoms with Gasteiger partial charge in [0, 0.05) is 36.9 Å². The van der Waals surface area contributed by atoms with Crippen LogP contribution in [0.1, 0.15) is 46.6 Å². The Morgan fingerprint density at radius 3 is 2.50 bits per heavy atom. The minimum absolute atomic E-state index is 0.135. The smallest absolute Gasteiger partial charge is 0.133 e. The number of hydrogen-bond acceptors (Lipinski definition) is 3. The van der Waals surface area contributed by atoms with Gasteiger partial charge in [-0.2, -0.15) is 0 Å². The fourth-order valence-corrected chi connectivity index (χ4v) is 3.05. The molecule has 2 atom stereocenters. The molecule has 0 amide bonds. The van der Waals surface area contributed by atoms with Gasteiger partial charge in [0.15, 0.2) is 0 Å². The molecule has 3 heteroatoms. The minimum Gasteiger partial charge on any atom is -0.356 e. The van der Waals surface area contributed by atoms with Crippen molar-refractivity contribution in [3.8, 4) is 0 Å². The predicted octanol–water partition coefficient (Wildman–Crippen LogP) is 3.45. The number of pyridine rings is 1. The second-order valence-electron chi connectivity index (χ2n) is 7.44. The van der Waals surface area contributed by atoms with Gasteiger partial charge in [-0.1, -0.05) is 19.9 Å². The molecule has 1 aromatic rings. The van der Waals surface area contributed by atoms with Gasteiger partial charge in [0.1, 0.15) is 5.82 Å². The zero-order chi connectivity index (χ0) is 14.8. The molecule has 0 saturated carbocycles. The van der Waals surface area contributed by atoms with E-state index in [1.807, 2.05) is 12.3 Å². The van der Waals surface area contributed by atoms with E-state index in [1.54, 1.807) is 0 Å². The fourth-order valence-electron chi connectivity index (χ4n) is 3.05. The summed E-state index contributed by atoms with van der Waals surface area (Å²) in [6.45, 7) is 14.4. The first-order valence-electron chi connectivity index (χ1n) is 7.79. The maximum atomic E-state index is 4.66. The van der Waals surface area contributed by atoms with Crippen LogP contribution in [-0.2, 0) is 6.54 Å². The number of nitrogens with zero attached hydrogens (tertiary/aromatic N) is 2. The summed E-state index contributed by atoms with van der Waals surface area (Å²) in [5.74, 6) is 2.68. The maximum Gasteiger partial charge on any atom is 0.133 e. The first-order chi connectivity index (χ1) is 9.35. The van der Waals surface area contributed by atoms with Crippen molar-refractivity contribution in [3.63, 3.8) is 0 Å². The van der Waals surface area contributed by atoms with E-state index in [1.165, 1.54) is 17.8 Å². The Hall–Kier alpha value is -1.09. The third kappa shape index (κ3) is 4.20. The van der Waals surface area contributed by atoms with Gasteiger partial charge >= 0.3 is 0 Å². The first kappa shape index (κ1) is 15.3. The Labute approximate surface area is 123 Å². The van der Waals surface area contributed by atoms with Crippen LogP contribution in [0.5, 0.6) is 0 Å². The van der Waals surface area contributed by atoms with Gasteiger partial charge in [0.05, 0.1) is 0 Å². The van der Waals surface area contributed by atoms with Gasteiger partial charge in [-0.15, -0.1) is 0 Å². The highest BCUT2D eigenvalue weighted by atomic mass is 15.2. The molecule has 20 heavy (non-hydrogen) atoms. The van der Waals surface area contributed by atoms with E-state index < -0.39 is 0 Å². The molecule has 1 saturated heterocycles. The quantitative estimate of drug-likeness (QED) is 0.916. The highest BCUT2D eigenvalue weighted by Gasteiger charge is 2.24. The number of anilines is 1. The topological polar surface area (TPSA) is 28.2 Å². The summed E-state index contributed by atoms with van der Waals surface area (Å²) in [5, 5.41) is 3.57. The largest absolute Gasteiger partial charge is 0.356 e. The van der Waals surface area contributed by atoms with E-state index in [4.69, 9.17) is 0 Å². The monoisotopic (exact) mass is 275 g/mol. The molecule has 3 nitrogen and oxygen atoms in total. The van der Waals surface area contributed by atoms with E-state index in [2.05, 4.69) is 55.9 Å². The van der Waals surface area contributed by atoms with E-state index in [0.717, 1.165) is 31.5 Å². The zero-order valence-corrected chi connectivity index (χ0v) is 13.6. The summed E-state index contributed by atoms with van der Waals surface area (Å²) >= 11 is 0. The summed E-state index contributed by atoms with van der Waals surface area (Å²) in [5.41, 5.74) is 1.44. The van der Waals surface area contributed by atoms with E-state index in [0.29, 0.717) is 0 Å². The van der Waals surface area contributed by atoms with Crippen LogP contribution in [0.25, 0.3) is 0 Å². The van der Waals surface area contributed by atoms with Gasteiger partial charge in [-0.3, -0.25) is 0 Å². The molecule has 0 aliphatic carbocycles. The number of piperidine rings is 1. The molecule has 112 valence electrons. The second-order valence-corrected chi connectivity index (χ2v) is 7.44. The highest BCUT2D eigenvalue weighted by molar-refractivity contribution is 5.47. The van der Waals surface area contributed by atoms with Crippen molar-refractivity contribution < 1.29 is 0 Å². The summed E-state index contributed by atoms with van der Waals surface area (Å²) < 4.78 is 0. The van der Waals surface area contributed by atoms with Crippen LogP contribution in [0.2, 0.25) is 0 Å². The molecular formula is C17H29N3. The Kier molecular flexibility index (Phi) is 4.69. The molecule has 0 radical (unpaired) electrons. The van der Waals surface area contributed by atoms with Gasteiger partial charge in [0.25, 0.3) is 0 Å². The van der Waals surface area contributed by atoms with Crippen molar-refractivity contribution in [1.29, 1.82) is 0 Å². The Balaban J connectivity index is 2.14. The average Bonchev–Trinajstić information content (AvgIpc) is 2.34. The highest BCUT2D eigenvalue weighted by Crippen LogP contribution is 2.27. The lowest BCUT2D eigenvalue weighted by atomic mass is 9.91. The van der Waals surface area contributed by atoms with E-state index in [9.17, 15) is 0 Å². The zero-order valence-electron chi connectivity index (χ0n) is 13.6. The maximum absolute atomic E-state index is 4.66. The van der Waals surface area contributed by atoms with Crippen LogP contribution in [0.15, 0.2) is 18.3 Å². The van der Waals surface area contributed by atoms with Crippen LogP contribution in [0, 0.1) is 11.8 Å². The molecule has 2 rings (SSSR count). The molecule has 2 heterocycles. The third-order valence-corrected chi connectivity index (χ3v) is 3.85. The van der Waals surface area contributed by atoms with Crippen molar-refractivity contribution in [2.24, 2.45) is 11.8 Å². The molecule has 1 aromatic heterocycles. The molecule has 1 aliphatic heterocycles. The summed E-state index contributed by atoms with van der Waals surface area (Å²) in [7, 11) is 0. The van der Waals surface area contributed by atoms with Gasteiger partial charge in [0.2, 0.25) is 0 Å². The van der Waals surface area contributed by atoms with E-state index in [-0.39, 0.29) is 5.54 Å². The predicted molar refractivity (Wildman–Crippen MR) is 86.0 cm³/mol. The molecule has 1 N–H and O–H groups in total. The Morgan fingerprint density at radius 1 is 1.25 bits per heavy atom. The van der Waals surface area contributed by atoms with Crippen molar-refractivity contribution >= 4 is 5.82 Å². The normalized spacial score (nSPS) is 23.9. The molecule has 1 aliphatic rings. The molecule has 1 fully saturated rings. The summed E-state index contributed by atoms with van der Waals surface area (Å²) in [6.07, 6.45) is 3.25. The van der Waals surface area contributed by atoms with Crippen molar-refractivity contribution in [1.82, 2.24) is 10.3 Å². The fraction of sp³-hybridized carbons (Fsp3) is 0.706. The number of aromatic nitrogens is 1. The SMILES string of the molecule is CC1CC(C)CN(c2ncccc2CNC(C)(C)C)C1. The van der Waals surface area contributed by atoms with Crippen molar-refractivity contribution in [2.45, 2.75) is 53.1 Å². The molecule has 0 aromatic carbocycles. The second kappa shape index (κ2) is 6.13. The van der Waals surface area contributed by atoms with E-state index >= 15 is 0 Å². The van der Waals surface area contributed by atoms with Crippen LogP contribution in [0.3, 0.4) is 0 Å². The molecule has 2 unspecified atom stereocenters. The Bertz CT molecular complexity index is 426. The molecule has 0 spiro atoms. The third-order valence-electron chi connectivity index (χ3n) is 3.85. The Morgan fingerprint density at radius 2 is 1.90 bits per heavy atom. The van der Waals surface area contributed by atoms with Crippen LogP contribution in [-0.4, -0.2) is 23.6 Å². The summed E-state index contributed by atoms with van der Waals surface area (Å²) in [6, 6.07) is 4.24. The van der Waals surface area contributed by atoms with Crippen molar-refractivity contribution in [2.75, 3.05) is 18.0 Å². The van der Waals surface area contributed by atoms with Gasteiger partial charge in [-0.25, -0.2) is 4.98 Å². The number of hydrogen-bond donors (Lipinski definition) is 1. The minimum atomic E-state index is 0.135. The average molecular weight is 275 g/mol.